The molecule has 3 nitrogen and oxygen atoms in total. The van der Waals surface area contributed by atoms with Crippen molar-refractivity contribution in [2.45, 2.75) is 0 Å². The molecule has 3 N–H and O–H groups in total. The predicted octanol–water partition coefficient (Wildman–Crippen LogP) is 4.18. The molecule has 0 amide bonds. The molecule has 0 saturated carbocycles. The Labute approximate surface area is 122 Å². The molecule has 1 aromatic heterocycles. The summed E-state index contributed by atoms with van der Waals surface area (Å²) in [5.41, 5.74) is 9.79. The van der Waals surface area contributed by atoms with Crippen LogP contribution in [0.1, 0.15) is 0 Å². The molecular weight excluding hydrogens is 270 g/mol. The average Bonchev–Trinajstić information content (AvgIpc) is 2.47. The van der Waals surface area contributed by atoms with Gasteiger partial charge in [-0.15, -0.1) is 0 Å². The van der Waals surface area contributed by atoms with E-state index in [2.05, 4.69) is 10.3 Å². The van der Waals surface area contributed by atoms with Gasteiger partial charge in [0.25, 0.3) is 0 Å². The number of hydrogen-bond acceptors (Lipinski definition) is 3. The zero-order chi connectivity index (χ0) is 14.1. The van der Waals surface area contributed by atoms with Gasteiger partial charge in [-0.3, -0.25) is 0 Å². The summed E-state index contributed by atoms with van der Waals surface area (Å²) in [5, 5.41) is 4.68. The fraction of sp³-hybridized carbons (Fsp3) is 0.0625. The maximum Gasteiger partial charge on any atom is 0.150 e. The minimum Gasteiger partial charge on any atom is -0.395 e. The van der Waals surface area contributed by atoms with Crippen molar-refractivity contribution in [3.63, 3.8) is 0 Å². The molecule has 0 aliphatic heterocycles. The van der Waals surface area contributed by atoms with Crippen molar-refractivity contribution < 1.29 is 0 Å². The summed E-state index contributed by atoms with van der Waals surface area (Å²) >= 11 is 6.12. The van der Waals surface area contributed by atoms with Gasteiger partial charge >= 0.3 is 0 Å². The van der Waals surface area contributed by atoms with Gasteiger partial charge in [0.1, 0.15) is 5.82 Å². The number of pyridine rings is 1. The van der Waals surface area contributed by atoms with E-state index in [1.165, 1.54) is 0 Å². The van der Waals surface area contributed by atoms with E-state index in [4.69, 9.17) is 17.3 Å². The van der Waals surface area contributed by atoms with Crippen molar-refractivity contribution in [2.24, 2.45) is 0 Å². The number of anilines is 2. The van der Waals surface area contributed by atoms with Crippen molar-refractivity contribution in [1.29, 1.82) is 0 Å². The molecule has 0 aliphatic carbocycles. The molecule has 0 bridgehead atoms. The predicted molar refractivity (Wildman–Crippen MR) is 86.1 cm³/mol. The van der Waals surface area contributed by atoms with Gasteiger partial charge in [-0.25, -0.2) is 4.98 Å². The van der Waals surface area contributed by atoms with Crippen molar-refractivity contribution >= 4 is 34.0 Å². The monoisotopic (exact) mass is 283 g/mol. The van der Waals surface area contributed by atoms with Crippen LogP contribution in [0.4, 0.5) is 11.5 Å². The van der Waals surface area contributed by atoms with Crippen LogP contribution in [0.15, 0.2) is 48.5 Å². The first-order valence-corrected chi connectivity index (χ1v) is 6.70. The molecule has 100 valence electrons. The molecule has 0 saturated heterocycles. The van der Waals surface area contributed by atoms with E-state index in [9.17, 15) is 0 Å². The first kappa shape index (κ1) is 12.8. The lowest BCUT2D eigenvalue weighted by Crippen LogP contribution is -2.02. The zero-order valence-electron chi connectivity index (χ0n) is 11.0. The first-order chi connectivity index (χ1) is 9.70. The Morgan fingerprint density at radius 2 is 1.85 bits per heavy atom. The Kier molecular flexibility index (Phi) is 3.20. The fourth-order valence-electron chi connectivity index (χ4n) is 2.36. The van der Waals surface area contributed by atoms with Crippen LogP contribution in [0.25, 0.3) is 22.0 Å². The maximum atomic E-state index is 6.27. The molecule has 0 fully saturated rings. The Morgan fingerprint density at radius 3 is 2.55 bits per heavy atom. The molecule has 3 aromatic rings. The molecular formula is C16H14ClN3. The van der Waals surface area contributed by atoms with E-state index < -0.39 is 0 Å². The standard InChI is InChI=1S/C16H14ClN3/c1-19-16-15(18)14(10-5-3-2-4-6-10)12-9-11(17)7-8-13(12)20-16/h2-9H,18H2,1H3,(H,19,20). The summed E-state index contributed by atoms with van der Waals surface area (Å²) in [4.78, 5) is 4.53. The molecule has 20 heavy (non-hydrogen) atoms. The van der Waals surface area contributed by atoms with Gasteiger partial charge in [0.05, 0.1) is 11.2 Å². The molecule has 1 heterocycles. The van der Waals surface area contributed by atoms with Crippen LogP contribution < -0.4 is 11.1 Å². The second kappa shape index (κ2) is 5.02. The smallest absolute Gasteiger partial charge is 0.150 e. The van der Waals surface area contributed by atoms with Gasteiger partial charge < -0.3 is 11.1 Å². The Hall–Kier alpha value is -2.26. The maximum absolute atomic E-state index is 6.27. The number of benzene rings is 2. The van der Waals surface area contributed by atoms with Gasteiger partial charge in [-0.1, -0.05) is 41.9 Å². The number of nitrogen functional groups attached to an aromatic ring is 1. The lowest BCUT2D eigenvalue weighted by Gasteiger charge is -2.14. The Bertz CT molecular complexity index is 770. The third-order valence-corrected chi connectivity index (χ3v) is 3.52. The van der Waals surface area contributed by atoms with Crippen LogP contribution in [-0.4, -0.2) is 12.0 Å². The second-order valence-corrected chi connectivity index (χ2v) is 4.96. The highest BCUT2D eigenvalue weighted by Gasteiger charge is 2.13. The topological polar surface area (TPSA) is 50.9 Å². The highest BCUT2D eigenvalue weighted by Crippen LogP contribution is 2.37. The number of nitrogens with two attached hydrogens (primary N) is 1. The Balaban J connectivity index is 2.43. The van der Waals surface area contributed by atoms with Crippen molar-refractivity contribution in [1.82, 2.24) is 4.98 Å². The van der Waals surface area contributed by atoms with Crippen molar-refractivity contribution in [3.8, 4) is 11.1 Å². The quantitative estimate of drug-likeness (QED) is 0.742. The summed E-state index contributed by atoms with van der Waals surface area (Å²) in [5.74, 6) is 0.679. The van der Waals surface area contributed by atoms with Gasteiger partial charge in [0.15, 0.2) is 0 Å². The fourth-order valence-corrected chi connectivity index (χ4v) is 2.53. The largest absolute Gasteiger partial charge is 0.395 e. The van der Waals surface area contributed by atoms with Crippen LogP contribution in [0.2, 0.25) is 5.02 Å². The molecule has 0 radical (unpaired) electrons. The summed E-state index contributed by atoms with van der Waals surface area (Å²) in [6, 6.07) is 15.7. The van der Waals surface area contributed by atoms with Gasteiger partial charge in [-0.05, 0) is 23.8 Å². The van der Waals surface area contributed by atoms with Crippen LogP contribution >= 0.6 is 11.6 Å². The number of nitrogens with one attached hydrogen (secondary N) is 1. The SMILES string of the molecule is CNc1nc2ccc(Cl)cc2c(-c2ccccc2)c1N. The summed E-state index contributed by atoms with van der Waals surface area (Å²) in [7, 11) is 1.81. The number of fused-ring (bicyclic) bond motifs is 1. The molecule has 0 unspecified atom stereocenters. The normalized spacial score (nSPS) is 10.7. The van der Waals surface area contributed by atoms with Gasteiger partial charge in [0.2, 0.25) is 0 Å². The molecule has 0 spiro atoms. The third-order valence-electron chi connectivity index (χ3n) is 3.28. The Morgan fingerprint density at radius 1 is 1.10 bits per heavy atom. The van der Waals surface area contributed by atoms with E-state index in [1.54, 1.807) is 0 Å². The average molecular weight is 284 g/mol. The number of nitrogens with zero attached hydrogens (tertiary/aromatic N) is 1. The van der Waals surface area contributed by atoms with E-state index >= 15 is 0 Å². The first-order valence-electron chi connectivity index (χ1n) is 6.32. The number of aromatic nitrogens is 1. The summed E-state index contributed by atoms with van der Waals surface area (Å²) in [6.07, 6.45) is 0. The van der Waals surface area contributed by atoms with Crippen LogP contribution in [0, 0.1) is 0 Å². The van der Waals surface area contributed by atoms with Gasteiger partial charge in [0, 0.05) is 23.0 Å². The van der Waals surface area contributed by atoms with Crippen LogP contribution in [0.3, 0.4) is 0 Å². The van der Waals surface area contributed by atoms with E-state index in [-0.39, 0.29) is 0 Å². The zero-order valence-corrected chi connectivity index (χ0v) is 11.8. The lowest BCUT2D eigenvalue weighted by molar-refractivity contribution is 1.35. The van der Waals surface area contributed by atoms with E-state index in [1.807, 2.05) is 55.6 Å². The second-order valence-electron chi connectivity index (χ2n) is 4.53. The summed E-state index contributed by atoms with van der Waals surface area (Å²) in [6.45, 7) is 0. The number of hydrogen-bond donors (Lipinski definition) is 2. The highest BCUT2D eigenvalue weighted by atomic mass is 35.5. The number of rotatable bonds is 2. The summed E-state index contributed by atoms with van der Waals surface area (Å²) < 4.78 is 0. The van der Waals surface area contributed by atoms with Gasteiger partial charge in [-0.2, -0.15) is 0 Å². The van der Waals surface area contributed by atoms with Crippen molar-refractivity contribution in [2.75, 3.05) is 18.1 Å². The molecule has 0 aliphatic rings. The molecule has 2 aromatic carbocycles. The minimum absolute atomic E-state index is 0.633. The van der Waals surface area contributed by atoms with Crippen LogP contribution in [0.5, 0.6) is 0 Å². The minimum atomic E-state index is 0.633. The van der Waals surface area contributed by atoms with Crippen molar-refractivity contribution in [3.05, 3.63) is 53.6 Å². The lowest BCUT2D eigenvalue weighted by atomic mass is 9.99. The van der Waals surface area contributed by atoms with Crippen LogP contribution in [-0.2, 0) is 0 Å². The van der Waals surface area contributed by atoms with E-state index in [0.717, 1.165) is 22.0 Å². The molecule has 3 rings (SSSR count). The molecule has 0 atom stereocenters. The van der Waals surface area contributed by atoms with E-state index in [0.29, 0.717) is 16.5 Å². The molecule has 4 heteroatoms. The number of halogens is 1. The highest BCUT2D eigenvalue weighted by molar-refractivity contribution is 6.31. The third kappa shape index (κ3) is 2.06.